The average molecular weight is 415 g/mol. The van der Waals surface area contributed by atoms with Gasteiger partial charge in [-0.05, 0) is 18.6 Å². The maximum absolute atomic E-state index is 12.1. The number of hydrogen-bond donors (Lipinski definition) is 0. The number of hydrogen-bond acceptors (Lipinski definition) is 8. The summed E-state index contributed by atoms with van der Waals surface area (Å²) in [5, 5.41) is 0. The normalized spacial score (nSPS) is 18.7. The fraction of sp³-hybridized carbons (Fsp3) is 0.438. The molecule has 7 nitrogen and oxygen atoms in total. The highest BCUT2D eigenvalue weighted by molar-refractivity contribution is 8.01. The van der Waals surface area contributed by atoms with E-state index in [1.807, 2.05) is 24.3 Å². The van der Waals surface area contributed by atoms with Gasteiger partial charge in [0, 0.05) is 13.1 Å². The SMILES string of the molecule is CN(C(=O)COC(=O)CSc1nc2ccccc2s1)[C@H]1CCS(=O)(=O)C1. The minimum Gasteiger partial charge on any atom is -0.455 e. The summed E-state index contributed by atoms with van der Waals surface area (Å²) in [7, 11) is -1.53. The van der Waals surface area contributed by atoms with Gasteiger partial charge in [-0.1, -0.05) is 23.9 Å². The molecule has 1 saturated heterocycles. The van der Waals surface area contributed by atoms with Crippen molar-refractivity contribution in [1.82, 2.24) is 9.88 Å². The predicted octanol–water partition coefficient (Wildman–Crippen LogP) is 1.58. The van der Waals surface area contributed by atoms with Gasteiger partial charge in [0.05, 0.1) is 27.5 Å². The van der Waals surface area contributed by atoms with E-state index in [1.165, 1.54) is 35.0 Å². The van der Waals surface area contributed by atoms with Crippen LogP contribution in [0.15, 0.2) is 28.6 Å². The van der Waals surface area contributed by atoms with Crippen molar-refractivity contribution in [3.05, 3.63) is 24.3 Å². The van der Waals surface area contributed by atoms with Crippen LogP contribution >= 0.6 is 23.1 Å². The number of thiazole rings is 1. The summed E-state index contributed by atoms with van der Waals surface area (Å²) < 4.78 is 29.8. The van der Waals surface area contributed by atoms with Gasteiger partial charge in [-0.3, -0.25) is 9.59 Å². The predicted molar refractivity (Wildman–Crippen MR) is 101 cm³/mol. The second-order valence-electron chi connectivity index (χ2n) is 5.96. The highest BCUT2D eigenvalue weighted by atomic mass is 32.2. The van der Waals surface area contributed by atoms with Gasteiger partial charge in [0.15, 0.2) is 20.8 Å². The molecule has 2 aromatic rings. The van der Waals surface area contributed by atoms with Gasteiger partial charge >= 0.3 is 5.97 Å². The molecule has 1 aromatic heterocycles. The first-order chi connectivity index (χ1) is 12.3. The molecule has 1 atom stereocenters. The van der Waals surface area contributed by atoms with Crippen molar-refractivity contribution in [3.8, 4) is 0 Å². The fourth-order valence-corrected chi connectivity index (χ4v) is 6.24. The first-order valence-electron chi connectivity index (χ1n) is 7.94. The molecule has 0 unspecified atom stereocenters. The van der Waals surface area contributed by atoms with E-state index in [1.54, 1.807) is 0 Å². The Morgan fingerprint density at radius 2 is 2.15 bits per heavy atom. The molecular weight excluding hydrogens is 396 g/mol. The zero-order valence-corrected chi connectivity index (χ0v) is 16.5. The largest absolute Gasteiger partial charge is 0.455 e. The van der Waals surface area contributed by atoms with Crippen LogP contribution in [-0.4, -0.2) is 67.1 Å². The minimum absolute atomic E-state index is 0.0311. The highest BCUT2D eigenvalue weighted by Crippen LogP contribution is 2.29. The summed E-state index contributed by atoms with van der Waals surface area (Å²) in [6.45, 7) is -0.383. The Labute approximate surface area is 159 Å². The lowest BCUT2D eigenvalue weighted by atomic mass is 10.2. The van der Waals surface area contributed by atoms with Gasteiger partial charge in [-0.2, -0.15) is 0 Å². The summed E-state index contributed by atoms with van der Waals surface area (Å²) in [5.41, 5.74) is 0.886. The molecule has 0 spiro atoms. The van der Waals surface area contributed by atoms with Crippen LogP contribution in [0, 0.1) is 0 Å². The fourth-order valence-electron chi connectivity index (χ4n) is 2.60. The van der Waals surface area contributed by atoms with Crippen molar-refractivity contribution in [3.63, 3.8) is 0 Å². The molecule has 1 fully saturated rings. The second-order valence-corrected chi connectivity index (χ2v) is 10.4. The Morgan fingerprint density at radius 3 is 2.85 bits per heavy atom. The number of sulfone groups is 1. The molecule has 1 amide bonds. The lowest BCUT2D eigenvalue weighted by Gasteiger charge is -2.23. The number of carbonyl (C=O) groups excluding carboxylic acids is 2. The van der Waals surface area contributed by atoms with E-state index in [9.17, 15) is 18.0 Å². The summed E-state index contributed by atoms with van der Waals surface area (Å²) in [5.74, 6) is -0.778. The van der Waals surface area contributed by atoms with Crippen LogP contribution in [0.5, 0.6) is 0 Å². The summed E-state index contributed by atoms with van der Waals surface area (Å²) in [4.78, 5) is 29.7. The molecule has 0 bridgehead atoms. The first kappa shape index (κ1) is 19.1. The number of fused-ring (bicyclic) bond motifs is 1. The third-order valence-corrected chi connectivity index (χ3v) is 8.00. The average Bonchev–Trinajstić information content (AvgIpc) is 3.19. The van der Waals surface area contributed by atoms with E-state index in [2.05, 4.69) is 4.98 Å². The number of ether oxygens (including phenoxy) is 1. The summed E-state index contributed by atoms with van der Waals surface area (Å²) >= 11 is 2.77. The molecule has 0 N–H and O–H groups in total. The van der Waals surface area contributed by atoms with Crippen molar-refractivity contribution in [2.45, 2.75) is 16.8 Å². The van der Waals surface area contributed by atoms with Crippen LogP contribution < -0.4 is 0 Å². The Balaban J connectivity index is 1.44. The van der Waals surface area contributed by atoms with E-state index < -0.39 is 21.7 Å². The zero-order valence-electron chi connectivity index (χ0n) is 14.1. The van der Waals surface area contributed by atoms with E-state index in [-0.39, 0.29) is 29.9 Å². The first-order valence-corrected chi connectivity index (χ1v) is 11.6. The van der Waals surface area contributed by atoms with Crippen molar-refractivity contribution in [1.29, 1.82) is 0 Å². The number of amides is 1. The smallest absolute Gasteiger partial charge is 0.316 e. The minimum atomic E-state index is -3.07. The van der Waals surface area contributed by atoms with Gasteiger partial charge in [0.2, 0.25) is 0 Å². The number of thioether (sulfide) groups is 1. The molecule has 1 aliphatic heterocycles. The van der Waals surface area contributed by atoms with Crippen molar-refractivity contribution >= 4 is 55.0 Å². The van der Waals surface area contributed by atoms with E-state index in [4.69, 9.17) is 4.74 Å². The number of esters is 1. The molecule has 2 heterocycles. The third-order valence-electron chi connectivity index (χ3n) is 4.09. The molecule has 140 valence electrons. The van der Waals surface area contributed by atoms with E-state index in [0.717, 1.165) is 14.6 Å². The number of carbonyl (C=O) groups is 2. The molecule has 0 aliphatic carbocycles. The van der Waals surface area contributed by atoms with Crippen LogP contribution in [0.25, 0.3) is 10.2 Å². The molecule has 1 aliphatic rings. The standard InChI is InChI=1S/C16H18N2O5S3/c1-18(11-6-7-26(21,22)10-11)14(19)8-23-15(20)9-24-16-17-12-4-2-3-5-13(12)25-16/h2-5,11H,6-10H2,1H3/t11-/m0/s1. The number of benzene rings is 1. The van der Waals surface area contributed by atoms with Gasteiger partial charge in [0.1, 0.15) is 0 Å². The van der Waals surface area contributed by atoms with E-state index in [0.29, 0.717) is 6.42 Å². The monoisotopic (exact) mass is 414 g/mol. The molecule has 0 radical (unpaired) electrons. The molecule has 26 heavy (non-hydrogen) atoms. The van der Waals surface area contributed by atoms with Crippen LogP contribution in [0.4, 0.5) is 0 Å². The molecule has 10 heteroatoms. The highest BCUT2D eigenvalue weighted by Gasteiger charge is 2.32. The Bertz CT molecular complexity index is 892. The van der Waals surface area contributed by atoms with Crippen LogP contribution in [0.2, 0.25) is 0 Å². The Morgan fingerprint density at radius 1 is 1.38 bits per heavy atom. The number of para-hydroxylation sites is 1. The topological polar surface area (TPSA) is 93.6 Å². The van der Waals surface area contributed by atoms with Crippen molar-refractivity contribution in [2.24, 2.45) is 0 Å². The number of likely N-dealkylation sites (N-methyl/N-ethyl adjacent to an activating group) is 1. The van der Waals surface area contributed by atoms with Gasteiger partial charge in [0.25, 0.3) is 5.91 Å². The van der Waals surface area contributed by atoms with Crippen molar-refractivity contribution in [2.75, 3.05) is 30.9 Å². The lowest BCUT2D eigenvalue weighted by Crippen LogP contribution is -2.40. The Hall–Kier alpha value is -1.65. The van der Waals surface area contributed by atoms with Crippen LogP contribution in [0.1, 0.15) is 6.42 Å². The number of aromatic nitrogens is 1. The van der Waals surface area contributed by atoms with Gasteiger partial charge in [-0.25, -0.2) is 13.4 Å². The third kappa shape index (κ3) is 4.74. The second kappa shape index (κ2) is 7.93. The number of nitrogens with zero attached hydrogens (tertiary/aromatic N) is 2. The lowest BCUT2D eigenvalue weighted by molar-refractivity contribution is -0.150. The maximum atomic E-state index is 12.1. The quantitative estimate of drug-likeness (QED) is 0.523. The summed E-state index contributed by atoms with van der Waals surface area (Å²) in [6.07, 6.45) is 0.423. The molecular formula is C16H18N2O5S3. The van der Waals surface area contributed by atoms with Crippen molar-refractivity contribution < 1.29 is 22.7 Å². The van der Waals surface area contributed by atoms with Gasteiger partial charge < -0.3 is 9.64 Å². The number of rotatable bonds is 6. The Kier molecular flexibility index (Phi) is 5.83. The molecule has 0 saturated carbocycles. The molecule has 3 rings (SSSR count). The zero-order chi connectivity index (χ0) is 18.7. The summed E-state index contributed by atoms with van der Waals surface area (Å²) in [6, 6.07) is 7.37. The van der Waals surface area contributed by atoms with Gasteiger partial charge in [-0.15, -0.1) is 11.3 Å². The van der Waals surface area contributed by atoms with Crippen LogP contribution in [0.3, 0.4) is 0 Å². The van der Waals surface area contributed by atoms with Crippen LogP contribution in [-0.2, 0) is 24.2 Å². The van der Waals surface area contributed by atoms with E-state index >= 15 is 0 Å². The molecule has 1 aromatic carbocycles. The maximum Gasteiger partial charge on any atom is 0.316 e.